The van der Waals surface area contributed by atoms with Crippen molar-refractivity contribution in [1.29, 1.82) is 0 Å². The molecule has 0 radical (unpaired) electrons. The fraction of sp³-hybridized carbons (Fsp3) is 0.208. The number of aryl methyl sites for hydroxylation is 2. The molecule has 0 aliphatic heterocycles. The van der Waals surface area contributed by atoms with Crippen molar-refractivity contribution in [2.75, 3.05) is 0 Å². The van der Waals surface area contributed by atoms with Crippen LogP contribution in [-0.4, -0.2) is 20.1 Å². The highest BCUT2D eigenvalue weighted by molar-refractivity contribution is 5.52. The molecule has 146 valence electrons. The van der Waals surface area contributed by atoms with E-state index in [1.165, 1.54) is 16.7 Å². The zero-order valence-electron chi connectivity index (χ0n) is 16.7. The molecule has 0 unspecified atom stereocenters. The number of rotatable bonds is 7. The molecule has 0 aliphatic rings. The summed E-state index contributed by atoms with van der Waals surface area (Å²) < 4.78 is 5.95. The average Bonchev–Trinajstić information content (AvgIpc) is 3.18. The molecular weight excluding hydrogens is 360 g/mol. The summed E-state index contributed by atoms with van der Waals surface area (Å²) in [5, 5.41) is 8.52. The van der Waals surface area contributed by atoms with Crippen molar-refractivity contribution in [3.63, 3.8) is 0 Å². The highest BCUT2D eigenvalue weighted by Crippen LogP contribution is 2.20. The van der Waals surface area contributed by atoms with Crippen LogP contribution in [-0.2, 0) is 19.6 Å². The van der Waals surface area contributed by atoms with E-state index in [9.17, 15) is 0 Å². The maximum absolute atomic E-state index is 5.95. The highest BCUT2D eigenvalue weighted by Gasteiger charge is 2.15. The highest BCUT2D eigenvalue weighted by atomic mass is 16.4. The molecule has 0 atom stereocenters. The molecule has 0 aliphatic carbocycles. The molecular formula is C24H24N4O. The van der Waals surface area contributed by atoms with E-state index in [-0.39, 0.29) is 0 Å². The Labute approximate surface area is 171 Å². The zero-order chi connectivity index (χ0) is 20.1. The lowest BCUT2D eigenvalue weighted by Crippen LogP contribution is -2.23. The summed E-state index contributed by atoms with van der Waals surface area (Å²) in [6, 6.07) is 22.6. The number of hydrogen-bond acceptors (Lipinski definition) is 5. The molecule has 0 saturated heterocycles. The summed E-state index contributed by atoms with van der Waals surface area (Å²) in [7, 11) is 0. The fourth-order valence-electron chi connectivity index (χ4n) is 3.28. The maximum atomic E-state index is 5.95. The summed E-state index contributed by atoms with van der Waals surface area (Å²) >= 11 is 0. The maximum Gasteiger partial charge on any atom is 0.247 e. The first kappa shape index (κ1) is 19.0. The number of pyridine rings is 1. The minimum atomic E-state index is 0.549. The molecule has 5 nitrogen and oxygen atoms in total. The molecule has 4 aromatic rings. The minimum Gasteiger partial charge on any atom is -0.419 e. The van der Waals surface area contributed by atoms with Crippen molar-refractivity contribution in [2.45, 2.75) is 33.5 Å². The average molecular weight is 384 g/mol. The van der Waals surface area contributed by atoms with E-state index in [4.69, 9.17) is 4.42 Å². The van der Waals surface area contributed by atoms with Gasteiger partial charge in [0.2, 0.25) is 11.8 Å². The monoisotopic (exact) mass is 384 g/mol. The second kappa shape index (κ2) is 8.80. The Morgan fingerprint density at radius 3 is 2.41 bits per heavy atom. The molecule has 0 saturated carbocycles. The van der Waals surface area contributed by atoms with Crippen LogP contribution in [0.25, 0.3) is 11.5 Å². The van der Waals surface area contributed by atoms with Gasteiger partial charge in [-0.15, -0.1) is 10.2 Å². The molecule has 2 aromatic heterocycles. The molecule has 0 amide bonds. The Morgan fingerprint density at radius 1 is 0.793 bits per heavy atom. The Balaban J connectivity index is 1.53. The van der Waals surface area contributed by atoms with Crippen LogP contribution in [0.2, 0.25) is 0 Å². The van der Waals surface area contributed by atoms with Gasteiger partial charge in [0.25, 0.3) is 0 Å². The van der Waals surface area contributed by atoms with Gasteiger partial charge in [-0.25, -0.2) is 0 Å². The van der Waals surface area contributed by atoms with Gasteiger partial charge in [0.15, 0.2) is 0 Å². The van der Waals surface area contributed by atoms with E-state index < -0.39 is 0 Å². The van der Waals surface area contributed by atoms with E-state index in [0.717, 1.165) is 17.8 Å². The van der Waals surface area contributed by atoms with Gasteiger partial charge < -0.3 is 4.42 Å². The van der Waals surface area contributed by atoms with Crippen molar-refractivity contribution >= 4 is 0 Å². The van der Waals surface area contributed by atoms with E-state index in [0.29, 0.717) is 24.9 Å². The van der Waals surface area contributed by atoms with Gasteiger partial charge in [-0.05, 0) is 43.7 Å². The molecule has 2 aromatic carbocycles. The third kappa shape index (κ3) is 5.15. The third-order valence-corrected chi connectivity index (χ3v) is 4.72. The Bertz CT molecular complexity index is 1060. The lowest BCUT2D eigenvalue weighted by atomic mass is 10.1. The van der Waals surface area contributed by atoms with Gasteiger partial charge in [0, 0.05) is 24.8 Å². The predicted molar refractivity (Wildman–Crippen MR) is 113 cm³/mol. The number of benzene rings is 2. The van der Waals surface area contributed by atoms with Crippen LogP contribution in [0.1, 0.15) is 28.3 Å². The Hall–Kier alpha value is -3.31. The van der Waals surface area contributed by atoms with Crippen molar-refractivity contribution in [1.82, 2.24) is 20.1 Å². The largest absolute Gasteiger partial charge is 0.419 e. The summed E-state index contributed by atoms with van der Waals surface area (Å²) in [6.07, 6.45) is 1.82. The minimum absolute atomic E-state index is 0.549. The standard InChI is InChI=1S/C24H24N4O/c1-18-9-11-21(12-10-18)24-27-26-23(29-24)17-28(16-22-8-3-4-13-25-22)15-20-7-5-6-19(2)14-20/h3-14H,15-17H2,1-2H3. The van der Waals surface area contributed by atoms with Crippen molar-refractivity contribution < 1.29 is 4.42 Å². The molecule has 4 rings (SSSR count). The summed E-state index contributed by atoms with van der Waals surface area (Å²) in [5.41, 5.74) is 5.65. The van der Waals surface area contributed by atoms with Crippen LogP contribution in [0.3, 0.4) is 0 Å². The van der Waals surface area contributed by atoms with Crippen LogP contribution in [0.15, 0.2) is 77.3 Å². The molecule has 0 spiro atoms. The van der Waals surface area contributed by atoms with Crippen LogP contribution in [0, 0.1) is 13.8 Å². The van der Waals surface area contributed by atoms with Crippen LogP contribution in [0.5, 0.6) is 0 Å². The third-order valence-electron chi connectivity index (χ3n) is 4.72. The molecule has 29 heavy (non-hydrogen) atoms. The quantitative estimate of drug-likeness (QED) is 0.451. The van der Waals surface area contributed by atoms with Crippen molar-refractivity contribution in [3.8, 4) is 11.5 Å². The topological polar surface area (TPSA) is 55.1 Å². The zero-order valence-corrected chi connectivity index (χ0v) is 16.7. The summed E-state index contributed by atoms with van der Waals surface area (Å²) in [4.78, 5) is 6.74. The normalized spacial score (nSPS) is 11.1. The van der Waals surface area contributed by atoms with Gasteiger partial charge in [-0.3, -0.25) is 9.88 Å². The van der Waals surface area contributed by atoms with Crippen LogP contribution in [0.4, 0.5) is 0 Å². The van der Waals surface area contributed by atoms with Crippen LogP contribution >= 0.6 is 0 Å². The number of nitrogens with zero attached hydrogens (tertiary/aromatic N) is 4. The molecule has 0 fully saturated rings. The lowest BCUT2D eigenvalue weighted by molar-refractivity contribution is 0.220. The number of hydrogen-bond donors (Lipinski definition) is 0. The van der Waals surface area contributed by atoms with Gasteiger partial charge >= 0.3 is 0 Å². The number of aromatic nitrogens is 3. The van der Waals surface area contributed by atoms with Gasteiger partial charge in [0.05, 0.1) is 12.2 Å². The first-order valence-corrected chi connectivity index (χ1v) is 9.73. The van der Waals surface area contributed by atoms with E-state index in [2.05, 4.69) is 58.2 Å². The van der Waals surface area contributed by atoms with Crippen LogP contribution < -0.4 is 0 Å². The molecule has 0 bridgehead atoms. The molecule has 0 N–H and O–H groups in total. The second-order valence-corrected chi connectivity index (χ2v) is 7.32. The van der Waals surface area contributed by atoms with Crippen molar-refractivity contribution in [3.05, 3.63) is 101 Å². The summed E-state index contributed by atoms with van der Waals surface area (Å²) in [5.74, 6) is 1.15. The SMILES string of the molecule is Cc1ccc(-c2nnc(CN(Cc3cccc(C)c3)Cc3ccccn3)o2)cc1. The molecule has 2 heterocycles. The van der Waals surface area contributed by atoms with Gasteiger partial charge in [-0.1, -0.05) is 53.6 Å². The Morgan fingerprint density at radius 2 is 1.66 bits per heavy atom. The lowest BCUT2D eigenvalue weighted by Gasteiger charge is -2.20. The van der Waals surface area contributed by atoms with Crippen molar-refractivity contribution in [2.24, 2.45) is 0 Å². The van der Waals surface area contributed by atoms with E-state index in [1.807, 2.05) is 48.7 Å². The first-order chi connectivity index (χ1) is 14.2. The smallest absolute Gasteiger partial charge is 0.247 e. The fourth-order valence-corrected chi connectivity index (χ4v) is 3.28. The Kier molecular flexibility index (Phi) is 5.77. The second-order valence-electron chi connectivity index (χ2n) is 7.32. The summed E-state index contributed by atoms with van der Waals surface area (Å²) in [6.45, 7) is 6.21. The van der Waals surface area contributed by atoms with E-state index >= 15 is 0 Å². The van der Waals surface area contributed by atoms with E-state index in [1.54, 1.807) is 0 Å². The molecule has 5 heteroatoms. The first-order valence-electron chi connectivity index (χ1n) is 9.73. The van der Waals surface area contributed by atoms with Gasteiger partial charge in [0.1, 0.15) is 0 Å². The van der Waals surface area contributed by atoms with Gasteiger partial charge in [-0.2, -0.15) is 0 Å². The predicted octanol–water partition coefficient (Wildman–Crippen LogP) is 4.95.